The van der Waals surface area contributed by atoms with Gasteiger partial charge >= 0.3 is 0 Å². The molecule has 0 saturated carbocycles. The Labute approximate surface area is 116 Å². The van der Waals surface area contributed by atoms with Crippen molar-refractivity contribution in [3.8, 4) is 0 Å². The highest BCUT2D eigenvalue weighted by Crippen LogP contribution is 2.37. The number of benzene rings is 2. The van der Waals surface area contributed by atoms with Crippen molar-refractivity contribution >= 4 is 23.5 Å². The fourth-order valence-corrected chi connectivity index (χ4v) is 2.56. The minimum absolute atomic E-state index is 0. The van der Waals surface area contributed by atoms with Crippen LogP contribution in [0.2, 0.25) is 0 Å². The Bertz CT molecular complexity index is 547. The van der Waals surface area contributed by atoms with Crippen LogP contribution in [0.5, 0.6) is 0 Å². The molecular weight excluding hydrogens is 230 g/mol. The summed E-state index contributed by atoms with van der Waals surface area (Å²) in [5.41, 5.74) is 5.13. The van der Waals surface area contributed by atoms with E-state index in [0.717, 1.165) is 0 Å². The average molecular weight is 251 g/mol. The van der Waals surface area contributed by atoms with Crippen molar-refractivity contribution in [1.82, 2.24) is 0 Å². The number of fused-ring (bicyclic) bond motifs is 2. The molecule has 1 heteroatoms. The first-order valence-electron chi connectivity index (χ1n) is 6.43. The van der Waals surface area contributed by atoms with Gasteiger partial charge in [0.15, 0.2) is 0 Å². The van der Waals surface area contributed by atoms with E-state index in [1.165, 1.54) is 22.5 Å². The minimum Gasteiger partial charge on any atom is -0.338 e. The number of hydrogen-bond acceptors (Lipinski definition) is 1. The quantitative estimate of drug-likeness (QED) is 0.660. The van der Waals surface area contributed by atoms with E-state index in [0.29, 0.717) is 6.04 Å². The van der Waals surface area contributed by atoms with Crippen LogP contribution in [0.4, 0.5) is 11.4 Å². The van der Waals surface area contributed by atoms with Gasteiger partial charge < -0.3 is 4.90 Å². The van der Waals surface area contributed by atoms with Gasteiger partial charge in [0.2, 0.25) is 0 Å². The molecule has 2 aromatic carbocycles. The van der Waals surface area contributed by atoms with Crippen LogP contribution in [-0.2, 0) is 0 Å². The van der Waals surface area contributed by atoms with Gasteiger partial charge in [-0.25, -0.2) is 0 Å². The van der Waals surface area contributed by atoms with E-state index in [-0.39, 0.29) is 7.43 Å². The lowest BCUT2D eigenvalue weighted by molar-refractivity contribution is 0.788. The van der Waals surface area contributed by atoms with E-state index in [4.69, 9.17) is 0 Å². The maximum Gasteiger partial charge on any atom is 0.0486 e. The number of anilines is 2. The maximum atomic E-state index is 2.41. The Morgan fingerprint density at radius 2 is 1.16 bits per heavy atom. The van der Waals surface area contributed by atoms with Gasteiger partial charge in [0.25, 0.3) is 0 Å². The summed E-state index contributed by atoms with van der Waals surface area (Å²) in [6, 6.07) is 17.6. The number of rotatable bonds is 1. The predicted molar refractivity (Wildman–Crippen MR) is 85.8 cm³/mol. The number of para-hydroxylation sites is 2. The third kappa shape index (κ3) is 2.28. The lowest BCUT2D eigenvalue weighted by Gasteiger charge is -2.30. The third-order valence-electron chi connectivity index (χ3n) is 3.35. The fourth-order valence-electron chi connectivity index (χ4n) is 2.56. The zero-order valence-corrected chi connectivity index (χ0v) is 10.8. The highest BCUT2D eigenvalue weighted by Gasteiger charge is 2.19. The van der Waals surface area contributed by atoms with Crippen LogP contribution in [0.1, 0.15) is 32.4 Å². The lowest BCUT2D eigenvalue weighted by atomic mass is 10.1. The van der Waals surface area contributed by atoms with Crippen LogP contribution in [-0.4, -0.2) is 6.04 Å². The van der Waals surface area contributed by atoms with Crippen LogP contribution >= 0.6 is 0 Å². The summed E-state index contributed by atoms with van der Waals surface area (Å²) in [6.45, 7) is 4.47. The molecule has 0 N–H and O–H groups in total. The predicted octanol–water partition coefficient (Wildman–Crippen LogP) is 5.35. The fraction of sp³-hybridized carbons (Fsp3) is 0.222. The van der Waals surface area contributed by atoms with E-state index in [9.17, 15) is 0 Å². The van der Waals surface area contributed by atoms with Gasteiger partial charge in [-0.05, 0) is 37.1 Å². The number of hydrogen-bond donors (Lipinski definition) is 0. The standard InChI is InChI=1S/C17H17N.CH4/c1-13(2)18-16-9-5-3-7-14(16)11-12-15-8-4-6-10-17(15)18;/h3-13H,1-2H3;1H4. The van der Waals surface area contributed by atoms with E-state index in [1.54, 1.807) is 0 Å². The zero-order valence-electron chi connectivity index (χ0n) is 10.8. The second-order valence-electron chi connectivity index (χ2n) is 4.91. The van der Waals surface area contributed by atoms with Crippen molar-refractivity contribution in [2.24, 2.45) is 0 Å². The Morgan fingerprint density at radius 1 is 0.737 bits per heavy atom. The molecule has 1 heterocycles. The SMILES string of the molecule is C.CC(C)N1c2ccccc2C=Cc2ccccc21. The molecule has 1 aliphatic heterocycles. The molecule has 0 amide bonds. The summed E-state index contributed by atoms with van der Waals surface area (Å²) in [7, 11) is 0. The largest absolute Gasteiger partial charge is 0.338 e. The monoisotopic (exact) mass is 251 g/mol. The zero-order chi connectivity index (χ0) is 12.5. The third-order valence-corrected chi connectivity index (χ3v) is 3.35. The summed E-state index contributed by atoms with van der Waals surface area (Å²) in [6.07, 6.45) is 4.41. The molecule has 0 unspecified atom stereocenters. The van der Waals surface area contributed by atoms with E-state index < -0.39 is 0 Å². The minimum atomic E-state index is 0. The van der Waals surface area contributed by atoms with Gasteiger partial charge in [-0.3, -0.25) is 0 Å². The molecule has 1 aliphatic rings. The molecule has 0 bridgehead atoms. The van der Waals surface area contributed by atoms with Crippen LogP contribution in [0.25, 0.3) is 12.2 Å². The Balaban J connectivity index is 0.00000133. The van der Waals surface area contributed by atoms with Gasteiger partial charge in [-0.1, -0.05) is 56.0 Å². The summed E-state index contributed by atoms with van der Waals surface area (Å²) in [4.78, 5) is 2.41. The molecule has 0 spiro atoms. The second-order valence-corrected chi connectivity index (χ2v) is 4.91. The van der Waals surface area contributed by atoms with Gasteiger partial charge in [-0.15, -0.1) is 0 Å². The smallest absolute Gasteiger partial charge is 0.0486 e. The average Bonchev–Trinajstić information content (AvgIpc) is 2.55. The van der Waals surface area contributed by atoms with Gasteiger partial charge in [-0.2, -0.15) is 0 Å². The Morgan fingerprint density at radius 3 is 1.58 bits per heavy atom. The second kappa shape index (κ2) is 5.31. The highest BCUT2D eigenvalue weighted by atomic mass is 15.2. The molecule has 0 aromatic heterocycles. The van der Waals surface area contributed by atoms with E-state index in [1.807, 2.05) is 0 Å². The summed E-state index contributed by atoms with van der Waals surface area (Å²) < 4.78 is 0. The van der Waals surface area contributed by atoms with Crippen LogP contribution < -0.4 is 4.90 Å². The summed E-state index contributed by atoms with van der Waals surface area (Å²) >= 11 is 0. The van der Waals surface area contributed by atoms with Crippen LogP contribution in [0.15, 0.2) is 48.5 Å². The summed E-state index contributed by atoms with van der Waals surface area (Å²) in [5.74, 6) is 0. The van der Waals surface area contributed by atoms with E-state index in [2.05, 4.69) is 79.4 Å². The molecule has 0 atom stereocenters. The Hall–Kier alpha value is -2.02. The van der Waals surface area contributed by atoms with Crippen LogP contribution in [0.3, 0.4) is 0 Å². The van der Waals surface area contributed by atoms with E-state index >= 15 is 0 Å². The van der Waals surface area contributed by atoms with Crippen molar-refractivity contribution in [3.05, 3.63) is 59.7 Å². The molecule has 3 rings (SSSR count). The first-order chi connectivity index (χ1) is 8.77. The van der Waals surface area contributed by atoms with Crippen molar-refractivity contribution in [3.63, 3.8) is 0 Å². The molecule has 2 aromatic rings. The molecule has 98 valence electrons. The molecule has 19 heavy (non-hydrogen) atoms. The highest BCUT2D eigenvalue weighted by molar-refractivity contribution is 5.88. The Kier molecular flexibility index (Phi) is 3.75. The first kappa shape index (κ1) is 13.4. The van der Waals surface area contributed by atoms with Crippen molar-refractivity contribution in [2.45, 2.75) is 27.3 Å². The molecule has 0 saturated heterocycles. The normalized spacial score (nSPS) is 12.5. The molecule has 0 radical (unpaired) electrons. The molecule has 0 aliphatic carbocycles. The molecule has 1 nitrogen and oxygen atoms in total. The lowest BCUT2D eigenvalue weighted by Crippen LogP contribution is -2.26. The summed E-state index contributed by atoms with van der Waals surface area (Å²) in [5, 5.41) is 0. The maximum absolute atomic E-state index is 2.41. The molecular formula is C18H21N. The molecule has 0 fully saturated rings. The topological polar surface area (TPSA) is 3.24 Å². The van der Waals surface area contributed by atoms with Crippen molar-refractivity contribution in [2.75, 3.05) is 4.90 Å². The first-order valence-corrected chi connectivity index (χ1v) is 6.43. The van der Waals surface area contributed by atoms with Gasteiger partial charge in [0, 0.05) is 17.4 Å². The number of nitrogens with zero attached hydrogens (tertiary/aromatic N) is 1. The van der Waals surface area contributed by atoms with Crippen molar-refractivity contribution < 1.29 is 0 Å². The van der Waals surface area contributed by atoms with Gasteiger partial charge in [0.05, 0.1) is 0 Å². The van der Waals surface area contributed by atoms with Crippen LogP contribution in [0, 0.1) is 0 Å². The van der Waals surface area contributed by atoms with Crippen molar-refractivity contribution in [1.29, 1.82) is 0 Å². The van der Waals surface area contributed by atoms with Gasteiger partial charge in [0.1, 0.15) is 0 Å².